The first-order valence-electron chi connectivity index (χ1n) is 7.21. The van der Waals surface area contributed by atoms with Crippen molar-refractivity contribution in [1.82, 2.24) is 5.73 Å². The van der Waals surface area contributed by atoms with Gasteiger partial charge in [-0.15, -0.1) is 0 Å². The third kappa shape index (κ3) is 13.7. The monoisotopic (exact) mass is 224 g/mol. The molecule has 1 radical (unpaired) electrons. The Morgan fingerprint density at radius 2 is 1.19 bits per heavy atom. The van der Waals surface area contributed by atoms with E-state index < -0.39 is 0 Å². The van der Waals surface area contributed by atoms with Crippen LogP contribution in [0.25, 0.3) is 0 Å². The van der Waals surface area contributed by atoms with Crippen molar-refractivity contribution >= 4 is 0 Å². The minimum atomic E-state index is 0.609. The Labute approximate surface area is 102 Å². The molecular weight excluding hydrogens is 194 g/mol. The molecule has 0 amide bonds. The molecule has 0 aromatic rings. The van der Waals surface area contributed by atoms with E-state index in [0.29, 0.717) is 6.54 Å². The lowest BCUT2D eigenvalue weighted by Gasteiger charge is -1.97. The van der Waals surface area contributed by atoms with Crippen molar-refractivity contribution in [3.8, 4) is 0 Å². The highest BCUT2D eigenvalue weighted by Gasteiger charge is 1.88. The van der Waals surface area contributed by atoms with Crippen molar-refractivity contribution in [3.63, 3.8) is 0 Å². The summed E-state index contributed by atoms with van der Waals surface area (Å²) in [6.07, 6.45) is 19.1. The van der Waals surface area contributed by atoms with Gasteiger partial charge in [-0.1, -0.05) is 57.6 Å². The standard InChI is InChI=1S/C15H30N/c1-2-3-4-5-6-7-8-9-10-11-12-13-14-15-16/h7-8,16H,2-6,9-15H2,1H3. The molecule has 1 heteroatoms. The van der Waals surface area contributed by atoms with Crippen molar-refractivity contribution in [3.05, 3.63) is 12.2 Å². The van der Waals surface area contributed by atoms with Crippen LogP contribution in [0.5, 0.6) is 0 Å². The summed E-state index contributed by atoms with van der Waals surface area (Å²) in [5.41, 5.74) is 7.03. The number of hydrogen-bond donors (Lipinski definition) is 0. The lowest BCUT2D eigenvalue weighted by atomic mass is 10.1. The van der Waals surface area contributed by atoms with Crippen LogP contribution in [0.2, 0.25) is 0 Å². The Morgan fingerprint density at radius 1 is 0.688 bits per heavy atom. The first kappa shape index (κ1) is 15.7. The summed E-state index contributed by atoms with van der Waals surface area (Å²) in [4.78, 5) is 0. The molecule has 0 rings (SSSR count). The van der Waals surface area contributed by atoms with Gasteiger partial charge in [-0.05, 0) is 32.1 Å². The van der Waals surface area contributed by atoms with Gasteiger partial charge < -0.3 is 0 Å². The van der Waals surface area contributed by atoms with Gasteiger partial charge in [0.15, 0.2) is 0 Å². The predicted octanol–water partition coefficient (Wildman–Crippen LogP) is 5.14. The summed E-state index contributed by atoms with van der Waals surface area (Å²) in [6.45, 7) is 2.87. The molecule has 0 spiro atoms. The topological polar surface area (TPSA) is 23.8 Å². The highest BCUT2D eigenvalue weighted by atomic mass is 14.5. The van der Waals surface area contributed by atoms with Crippen LogP contribution in [0, 0.1) is 0 Å². The Hall–Kier alpha value is -0.300. The van der Waals surface area contributed by atoms with Crippen molar-refractivity contribution in [2.75, 3.05) is 6.54 Å². The highest BCUT2D eigenvalue weighted by Crippen LogP contribution is 2.07. The molecule has 0 saturated heterocycles. The SMILES string of the molecule is CCCCCCC=CCCCCCCC[NH]. The minimum Gasteiger partial charge on any atom is -0.258 e. The summed E-state index contributed by atoms with van der Waals surface area (Å²) >= 11 is 0. The summed E-state index contributed by atoms with van der Waals surface area (Å²) in [7, 11) is 0. The van der Waals surface area contributed by atoms with E-state index in [1.165, 1.54) is 64.2 Å². The molecular formula is C15H30N. The van der Waals surface area contributed by atoms with Crippen LogP contribution < -0.4 is 5.73 Å². The molecule has 0 aromatic heterocycles. The van der Waals surface area contributed by atoms with E-state index in [-0.39, 0.29) is 0 Å². The average Bonchev–Trinajstić information content (AvgIpc) is 2.31. The predicted molar refractivity (Wildman–Crippen MR) is 73.6 cm³/mol. The van der Waals surface area contributed by atoms with Crippen molar-refractivity contribution < 1.29 is 0 Å². The first-order valence-corrected chi connectivity index (χ1v) is 7.21. The molecule has 0 fully saturated rings. The second-order valence-corrected chi connectivity index (χ2v) is 4.63. The summed E-state index contributed by atoms with van der Waals surface area (Å²) < 4.78 is 0. The number of rotatable bonds is 12. The second kappa shape index (κ2) is 14.7. The van der Waals surface area contributed by atoms with Crippen LogP contribution in [0.15, 0.2) is 12.2 Å². The molecule has 1 nitrogen and oxygen atoms in total. The van der Waals surface area contributed by atoms with Gasteiger partial charge in [-0.2, -0.15) is 0 Å². The zero-order valence-electron chi connectivity index (χ0n) is 11.1. The van der Waals surface area contributed by atoms with E-state index in [4.69, 9.17) is 5.73 Å². The fourth-order valence-corrected chi connectivity index (χ4v) is 1.84. The molecule has 0 aliphatic rings. The highest BCUT2D eigenvalue weighted by molar-refractivity contribution is 4.81. The van der Waals surface area contributed by atoms with Gasteiger partial charge in [0.05, 0.1) is 0 Å². The van der Waals surface area contributed by atoms with E-state index in [0.717, 1.165) is 6.42 Å². The molecule has 0 aliphatic heterocycles. The maximum absolute atomic E-state index is 7.03. The van der Waals surface area contributed by atoms with Gasteiger partial charge in [-0.25, -0.2) is 0 Å². The van der Waals surface area contributed by atoms with Crippen molar-refractivity contribution in [2.45, 2.75) is 77.6 Å². The number of unbranched alkanes of at least 4 members (excludes halogenated alkanes) is 9. The lowest BCUT2D eigenvalue weighted by molar-refractivity contribution is 0.619. The lowest BCUT2D eigenvalue weighted by Crippen LogP contribution is -1.85. The molecule has 0 aromatic carbocycles. The number of hydrogen-bond acceptors (Lipinski definition) is 0. The molecule has 0 saturated carbocycles. The van der Waals surface area contributed by atoms with Crippen LogP contribution in [0.3, 0.4) is 0 Å². The fourth-order valence-electron chi connectivity index (χ4n) is 1.84. The summed E-state index contributed by atoms with van der Waals surface area (Å²) in [6, 6.07) is 0. The zero-order chi connectivity index (χ0) is 11.9. The Balaban J connectivity index is 2.98. The van der Waals surface area contributed by atoms with Crippen LogP contribution in [0.1, 0.15) is 77.6 Å². The van der Waals surface area contributed by atoms with Gasteiger partial charge in [0.25, 0.3) is 0 Å². The smallest absolute Gasteiger partial charge is 0.00997 e. The van der Waals surface area contributed by atoms with Gasteiger partial charge in [0.1, 0.15) is 0 Å². The third-order valence-electron chi connectivity index (χ3n) is 2.94. The van der Waals surface area contributed by atoms with Gasteiger partial charge in [0, 0.05) is 6.54 Å². The van der Waals surface area contributed by atoms with Crippen LogP contribution in [0.4, 0.5) is 0 Å². The van der Waals surface area contributed by atoms with E-state index in [2.05, 4.69) is 19.1 Å². The molecule has 0 aliphatic carbocycles. The molecule has 0 atom stereocenters. The van der Waals surface area contributed by atoms with Crippen molar-refractivity contribution in [2.24, 2.45) is 0 Å². The molecule has 16 heavy (non-hydrogen) atoms. The van der Waals surface area contributed by atoms with E-state index in [1.807, 2.05) is 0 Å². The number of nitrogens with one attached hydrogen (secondary N) is 1. The molecule has 0 unspecified atom stereocenters. The van der Waals surface area contributed by atoms with E-state index in [9.17, 15) is 0 Å². The molecule has 0 bridgehead atoms. The zero-order valence-corrected chi connectivity index (χ0v) is 11.1. The summed E-state index contributed by atoms with van der Waals surface area (Å²) in [5.74, 6) is 0. The number of allylic oxidation sites excluding steroid dienone is 2. The molecule has 95 valence electrons. The van der Waals surface area contributed by atoms with Crippen LogP contribution in [-0.4, -0.2) is 6.54 Å². The van der Waals surface area contributed by atoms with E-state index >= 15 is 0 Å². The Morgan fingerprint density at radius 3 is 1.75 bits per heavy atom. The third-order valence-corrected chi connectivity index (χ3v) is 2.94. The van der Waals surface area contributed by atoms with Crippen molar-refractivity contribution in [1.29, 1.82) is 0 Å². The van der Waals surface area contributed by atoms with Gasteiger partial charge in [0.2, 0.25) is 0 Å². The maximum Gasteiger partial charge on any atom is 0.00997 e. The fraction of sp³-hybridized carbons (Fsp3) is 0.867. The average molecular weight is 224 g/mol. The Kier molecular flexibility index (Phi) is 14.4. The minimum absolute atomic E-state index is 0.609. The second-order valence-electron chi connectivity index (χ2n) is 4.63. The van der Waals surface area contributed by atoms with Crippen LogP contribution >= 0.6 is 0 Å². The van der Waals surface area contributed by atoms with E-state index in [1.54, 1.807) is 0 Å². The summed E-state index contributed by atoms with van der Waals surface area (Å²) in [5, 5.41) is 0. The Bertz CT molecular complexity index is 140. The quantitative estimate of drug-likeness (QED) is 0.324. The van der Waals surface area contributed by atoms with Gasteiger partial charge >= 0.3 is 0 Å². The first-order chi connectivity index (χ1) is 7.91. The van der Waals surface area contributed by atoms with Crippen LogP contribution in [-0.2, 0) is 0 Å². The van der Waals surface area contributed by atoms with Gasteiger partial charge in [-0.3, -0.25) is 5.73 Å². The molecule has 0 heterocycles. The largest absolute Gasteiger partial charge is 0.258 e. The maximum atomic E-state index is 7.03. The normalized spacial score (nSPS) is 11.4. The molecule has 1 N–H and O–H groups in total.